The molecule has 1 aliphatic heterocycles. The molecule has 1 fully saturated rings. The Morgan fingerprint density at radius 2 is 1.91 bits per heavy atom. The van der Waals surface area contributed by atoms with Gasteiger partial charge in [0, 0.05) is 25.2 Å². The molecule has 3 amide bonds. The highest BCUT2D eigenvalue weighted by molar-refractivity contribution is 6.01. The number of carbonyl (C=O) groups excluding carboxylic acids is 3. The number of aromatic nitrogens is 2. The first-order chi connectivity index (χ1) is 15.3. The van der Waals surface area contributed by atoms with Crippen LogP contribution in [0, 0.1) is 5.82 Å². The molecule has 1 aromatic carbocycles. The smallest absolute Gasteiger partial charge is 0.273 e. The highest BCUT2D eigenvalue weighted by Crippen LogP contribution is 2.28. The SMILES string of the molecule is CCN1C(=O)c2cc(C(=O)NCc3ccc(F)cc3)nn2C[C@@]1(C)C(=O)NC1CCCC1. The summed E-state index contributed by atoms with van der Waals surface area (Å²) in [6, 6.07) is 7.42. The second-order valence-corrected chi connectivity index (χ2v) is 8.66. The molecule has 0 radical (unpaired) electrons. The van der Waals surface area contributed by atoms with Gasteiger partial charge in [-0.25, -0.2) is 4.39 Å². The molecule has 32 heavy (non-hydrogen) atoms. The van der Waals surface area contributed by atoms with Gasteiger partial charge in [0.05, 0.1) is 6.54 Å². The molecular formula is C23H28FN5O3. The molecule has 1 aromatic heterocycles. The van der Waals surface area contributed by atoms with Gasteiger partial charge in [-0.2, -0.15) is 5.10 Å². The van der Waals surface area contributed by atoms with Gasteiger partial charge in [-0.1, -0.05) is 25.0 Å². The summed E-state index contributed by atoms with van der Waals surface area (Å²) in [4.78, 5) is 40.5. The standard InChI is InChI=1S/C23H28FN5O3/c1-3-28-21(31)19-12-18(20(30)25-13-15-8-10-16(24)11-9-15)27-29(19)14-23(28,2)22(32)26-17-6-4-5-7-17/h8-12,17H,3-7,13-14H2,1-2H3,(H,25,30)(H,26,32)/t23-/m0/s1. The van der Waals surface area contributed by atoms with Crippen LogP contribution in [0.15, 0.2) is 30.3 Å². The molecule has 1 saturated carbocycles. The summed E-state index contributed by atoms with van der Waals surface area (Å²) < 4.78 is 14.5. The largest absolute Gasteiger partial charge is 0.351 e. The first kappa shape index (κ1) is 22.0. The van der Waals surface area contributed by atoms with Crippen molar-refractivity contribution in [2.45, 2.75) is 64.2 Å². The minimum absolute atomic E-state index is 0.104. The zero-order valence-corrected chi connectivity index (χ0v) is 18.4. The maximum atomic E-state index is 13.2. The van der Waals surface area contributed by atoms with Gasteiger partial charge in [0.2, 0.25) is 5.91 Å². The number of rotatable bonds is 6. The monoisotopic (exact) mass is 441 g/mol. The van der Waals surface area contributed by atoms with E-state index in [1.165, 1.54) is 22.9 Å². The van der Waals surface area contributed by atoms with E-state index in [9.17, 15) is 18.8 Å². The second-order valence-electron chi connectivity index (χ2n) is 8.66. The van der Waals surface area contributed by atoms with E-state index in [1.807, 2.05) is 6.92 Å². The second kappa shape index (κ2) is 8.72. The number of benzene rings is 1. The third-order valence-corrected chi connectivity index (χ3v) is 6.39. The molecule has 0 saturated heterocycles. The van der Waals surface area contributed by atoms with E-state index in [0.29, 0.717) is 6.54 Å². The minimum Gasteiger partial charge on any atom is -0.351 e. The fraction of sp³-hybridized carbons (Fsp3) is 0.478. The van der Waals surface area contributed by atoms with Gasteiger partial charge in [0.15, 0.2) is 5.69 Å². The lowest BCUT2D eigenvalue weighted by molar-refractivity contribution is -0.133. The van der Waals surface area contributed by atoms with Crippen molar-refractivity contribution in [2.24, 2.45) is 0 Å². The molecular weight excluding hydrogens is 413 g/mol. The summed E-state index contributed by atoms with van der Waals surface area (Å²) in [7, 11) is 0. The molecule has 2 N–H and O–H groups in total. The average molecular weight is 442 g/mol. The van der Waals surface area contributed by atoms with Gasteiger partial charge in [-0.05, 0) is 44.4 Å². The summed E-state index contributed by atoms with van der Waals surface area (Å²) in [5.41, 5.74) is 0.0416. The van der Waals surface area contributed by atoms with Crippen LogP contribution in [-0.2, 0) is 17.9 Å². The molecule has 170 valence electrons. The van der Waals surface area contributed by atoms with E-state index < -0.39 is 11.4 Å². The number of hydrogen-bond acceptors (Lipinski definition) is 4. The maximum absolute atomic E-state index is 13.2. The fourth-order valence-electron chi connectivity index (χ4n) is 4.53. The zero-order chi connectivity index (χ0) is 22.9. The highest BCUT2D eigenvalue weighted by atomic mass is 19.1. The van der Waals surface area contributed by atoms with Crippen LogP contribution < -0.4 is 10.6 Å². The molecule has 1 atom stereocenters. The van der Waals surface area contributed by atoms with Crippen molar-refractivity contribution in [1.82, 2.24) is 25.3 Å². The molecule has 2 aliphatic rings. The number of fused-ring (bicyclic) bond motifs is 1. The van der Waals surface area contributed by atoms with Crippen LogP contribution in [0.25, 0.3) is 0 Å². The third kappa shape index (κ3) is 4.11. The number of halogens is 1. The Hall–Kier alpha value is -3.23. The third-order valence-electron chi connectivity index (χ3n) is 6.39. The van der Waals surface area contributed by atoms with Crippen molar-refractivity contribution in [1.29, 1.82) is 0 Å². The van der Waals surface area contributed by atoms with E-state index in [-0.39, 0.29) is 48.2 Å². The minimum atomic E-state index is -1.09. The Bertz CT molecular complexity index is 1030. The van der Waals surface area contributed by atoms with Crippen LogP contribution in [-0.4, -0.2) is 50.5 Å². The molecule has 0 spiro atoms. The van der Waals surface area contributed by atoms with E-state index in [4.69, 9.17) is 0 Å². The first-order valence-corrected chi connectivity index (χ1v) is 11.0. The van der Waals surface area contributed by atoms with Crippen molar-refractivity contribution in [3.05, 3.63) is 53.1 Å². The summed E-state index contributed by atoms with van der Waals surface area (Å²) in [5.74, 6) is -1.30. The molecule has 1 aliphatic carbocycles. The van der Waals surface area contributed by atoms with Crippen molar-refractivity contribution in [3.63, 3.8) is 0 Å². The lowest BCUT2D eigenvalue weighted by Gasteiger charge is -2.43. The van der Waals surface area contributed by atoms with Crippen molar-refractivity contribution in [3.8, 4) is 0 Å². The van der Waals surface area contributed by atoms with Gasteiger partial charge in [-0.15, -0.1) is 0 Å². The molecule has 0 unspecified atom stereocenters. The van der Waals surface area contributed by atoms with E-state index >= 15 is 0 Å². The molecule has 4 rings (SSSR count). The lowest BCUT2D eigenvalue weighted by atomic mass is 9.94. The van der Waals surface area contributed by atoms with Crippen LogP contribution in [0.2, 0.25) is 0 Å². The summed E-state index contributed by atoms with van der Waals surface area (Å²) in [5, 5.41) is 10.2. The Morgan fingerprint density at radius 1 is 1.22 bits per heavy atom. The number of carbonyl (C=O) groups is 3. The molecule has 2 aromatic rings. The van der Waals surface area contributed by atoms with Crippen LogP contribution in [0.1, 0.15) is 66.1 Å². The predicted octanol–water partition coefficient (Wildman–Crippen LogP) is 2.25. The first-order valence-electron chi connectivity index (χ1n) is 11.0. The van der Waals surface area contributed by atoms with Crippen molar-refractivity contribution in [2.75, 3.05) is 6.54 Å². The number of likely N-dealkylation sites (N-methyl/N-ethyl adjacent to an activating group) is 1. The van der Waals surface area contributed by atoms with Gasteiger partial charge in [-0.3, -0.25) is 19.1 Å². The normalized spacial score (nSPS) is 20.8. The number of amides is 3. The van der Waals surface area contributed by atoms with Crippen LogP contribution in [0.4, 0.5) is 4.39 Å². The number of nitrogens with zero attached hydrogens (tertiary/aromatic N) is 3. The highest BCUT2D eigenvalue weighted by Gasteiger charge is 2.48. The Morgan fingerprint density at radius 3 is 2.56 bits per heavy atom. The average Bonchev–Trinajstić information content (AvgIpc) is 3.43. The topological polar surface area (TPSA) is 96.3 Å². The number of nitrogens with one attached hydrogen (secondary N) is 2. The Kier molecular flexibility index (Phi) is 5.99. The molecule has 0 bridgehead atoms. The number of hydrogen-bond donors (Lipinski definition) is 2. The summed E-state index contributed by atoms with van der Waals surface area (Å²) in [6.45, 7) is 4.33. The predicted molar refractivity (Wildman–Crippen MR) is 115 cm³/mol. The Labute approximate surface area is 186 Å². The molecule has 8 nitrogen and oxygen atoms in total. The van der Waals surface area contributed by atoms with E-state index in [2.05, 4.69) is 15.7 Å². The van der Waals surface area contributed by atoms with Gasteiger partial charge >= 0.3 is 0 Å². The van der Waals surface area contributed by atoms with Crippen LogP contribution >= 0.6 is 0 Å². The Balaban J connectivity index is 1.51. The van der Waals surface area contributed by atoms with Crippen LogP contribution in [0.3, 0.4) is 0 Å². The quantitative estimate of drug-likeness (QED) is 0.719. The lowest BCUT2D eigenvalue weighted by Crippen LogP contribution is -2.64. The molecule has 9 heteroatoms. The van der Waals surface area contributed by atoms with Crippen molar-refractivity contribution < 1.29 is 18.8 Å². The fourth-order valence-corrected chi connectivity index (χ4v) is 4.53. The van der Waals surface area contributed by atoms with Gasteiger partial charge in [0.25, 0.3) is 11.8 Å². The summed E-state index contributed by atoms with van der Waals surface area (Å²) >= 11 is 0. The van der Waals surface area contributed by atoms with Gasteiger partial charge < -0.3 is 15.5 Å². The maximum Gasteiger partial charge on any atom is 0.273 e. The zero-order valence-electron chi connectivity index (χ0n) is 18.4. The summed E-state index contributed by atoms with van der Waals surface area (Å²) in [6.07, 6.45) is 4.09. The van der Waals surface area contributed by atoms with E-state index in [0.717, 1.165) is 31.2 Å². The van der Waals surface area contributed by atoms with E-state index in [1.54, 1.807) is 24.0 Å². The van der Waals surface area contributed by atoms with Gasteiger partial charge in [0.1, 0.15) is 17.1 Å². The van der Waals surface area contributed by atoms with Crippen molar-refractivity contribution >= 4 is 17.7 Å². The van der Waals surface area contributed by atoms with Crippen LogP contribution in [0.5, 0.6) is 0 Å². The molecule has 2 heterocycles.